The molecule has 20 heavy (non-hydrogen) atoms. The third kappa shape index (κ3) is 3.39. The van der Waals surface area contributed by atoms with Crippen molar-refractivity contribution in [2.75, 3.05) is 11.5 Å². The predicted octanol–water partition coefficient (Wildman–Crippen LogP) is 2.12. The van der Waals surface area contributed by atoms with Crippen molar-refractivity contribution in [1.29, 1.82) is 0 Å². The van der Waals surface area contributed by atoms with Gasteiger partial charge in [0.15, 0.2) is 9.84 Å². The topological polar surface area (TPSA) is 63.2 Å². The average molecular weight is 295 g/mol. The van der Waals surface area contributed by atoms with Crippen LogP contribution in [0.25, 0.3) is 0 Å². The Hall–Kier alpha value is -1.36. The number of hydrogen-bond acceptors (Lipinski definition) is 3. The summed E-state index contributed by atoms with van der Waals surface area (Å²) >= 11 is 0. The van der Waals surface area contributed by atoms with E-state index in [1.165, 1.54) is 5.56 Å². The number of hydrogen-bond donors (Lipinski definition) is 1. The van der Waals surface area contributed by atoms with E-state index >= 15 is 0 Å². The first-order valence-corrected chi connectivity index (χ1v) is 8.66. The molecule has 1 N–H and O–H groups in total. The maximum Gasteiger partial charge on any atom is 0.251 e. The second-order valence-corrected chi connectivity index (χ2v) is 8.32. The van der Waals surface area contributed by atoms with Gasteiger partial charge < -0.3 is 5.32 Å². The minimum atomic E-state index is -3.01. The van der Waals surface area contributed by atoms with Crippen molar-refractivity contribution in [2.24, 2.45) is 0 Å². The second kappa shape index (κ2) is 5.20. The second-order valence-electron chi connectivity index (χ2n) is 6.13. The van der Waals surface area contributed by atoms with Crippen LogP contribution in [0.15, 0.2) is 24.3 Å². The highest BCUT2D eigenvalue weighted by molar-refractivity contribution is 7.91. The summed E-state index contributed by atoms with van der Waals surface area (Å²) in [6, 6.07) is 7.45. The first kappa shape index (κ1) is 15.0. The van der Waals surface area contributed by atoms with E-state index < -0.39 is 15.4 Å². The van der Waals surface area contributed by atoms with E-state index in [0.717, 1.165) is 0 Å². The van der Waals surface area contributed by atoms with Crippen LogP contribution in [0.3, 0.4) is 0 Å². The van der Waals surface area contributed by atoms with Crippen LogP contribution < -0.4 is 5.32 Å². The molecule has 2 rings (SSSR count). The lowest BCUT2D eigenvalue weighted by Gasteiger charge is -2.24. The van der Waals surface area contributed by atoms with E-state index in [4.69, 9.17) is 0 Å². The number of carbonyl (C=O) groups excluding carboxylic acids is 1. The number of nitrogens with one attached hydrogen (secondary N) is 1. The summed E-state index contributed by atoms with van der Waals surface area (Å²) in [6.45, 7) is 5.98. The highest BCUT2D eigenvalue weighted by Crippen LogP contribution is 2.23. The van der Waals surface area contributed by atoms with Crippen molar-refractivity contribution in [2.45, 2.75) is 38.6 Å². The molecule has 4 nitrogen and oxygen atoms in total. The van der Waals surface area contributed by atoms with Gasteiger partial charge in [-0.2, -0.15) is 0 Å². The molecular formula is C15H21NO3S. The summed E-state index contributed by atoms with van der Waals surface area (Å²) in [5, 5.41) is 2.86. The molecule has 1 aromatic rings. The van der Waals surface area contributed by atoms with Crippen molar-refractivity contribution in [3.8, 4) is 0 Å². The number of sulfone groups is 1. The molecule has 5 heteroatoms. The summed E-state index contributed by atoms with van der Waals surface area (Å²) in [5.41, 5.74) is 1.10. The Bertz CT molecular complexity index is 605. The zero-order valence-corrected chi connectivity index (χ0v) is 13.0. The van der Waals surface area contributed by atoms with Gasteiger partial charge in [-0.25, -0.2) is 8.42 Å². The van der Waals surface area contributed by atoms with E-state index in [1.807, 2.05) is 12.1 Å². The lowest BCUT2D eigenvalue weighted by molar-refractivity contribution is 0.0915. The number of carbonyl (C=O) groups is 1. The fourth-order valence-corrected chi connectivity index (χ4v) is 4.57. The van der Waals surface area contributed by atoms with Crippen LogP contribution in [0.4, 0.5) is 0 Å². The fraction of sp³-hybridized carbons (Fsp3) is 0.533. The average Bonchev–Trinajstić information content (AvgIpc) is 2.63. The van der Waals surface area contributed by atoms with Gasteiger partial charge in [-0.05, 0) is 37.0 Å². The van der Waals surface area contributed by atoms with Crippen LogP contribution in [-0.4, -0.2) is 31.4 Å². The number of amides is 1. The van der Waals surface area contributed by atoms with Gasteiger partial charge >= 0.3 is 0 Å². The fourth-order valence-electron chi connectivity index (χ4n) is 2.47. The smallest absolute Gasteiger partial charge is 0.251 e. The molecular weight excluding hydrogens is 274 g/mol. The highest BCUT2D eigenvalue weighted by atomic mass is 32.2. The zero-order valence-electron chi connectivity index (χ0n) is 12.1. The summed E-state index contributed by atoms with van der Waals surface area (Å²) in [6.07, 6.45) is 0.477. The Kier molecular flexibility index (Phi) is 3.91. The molecule has 1 amide bonds. The van der Waals surface area contributed by atoms with Crippen LogP contribution in [0, 0.1) is 0 Å². The van der Waals surface area contributed by atoms with Crippen LogP contribution in [-0.2, 0) is 9.84 Å². The van der Waals surface area contributed by atoms with E-state index in [-0.39, 0.29) is 17.4 Å². The molecule has 1 aliphatic rings. The van der Waals surface area contributed by atoms with E-state index in [0.29, 0.717) is 17.9 Å². The van der Waals surface area contributed by atoms with E-state index in [1.54, 1.807) is 19.1 Å². The molecule has 0 bridgehead atoms. The van der Waals surface area contributed by atoms with Gasteiger partial charge in [0.1, 0.15) is 0 Å². The number of benzene rings is 1. The van der Waals surface area contributed by atoms with Crippen molar-refractivity contribution in [1.82, 2.24) is 5.32 Å². The van der Waals surface area contributed by atoms with Gasteiger partial charge in [-0.1, -0.05) is 26.0 Å². The zero-order chi connectivity index (χ0) is 15.0. The van der Waals surface area contributed by atoms with Gasteiger partial charge in [0.05, 0.1) is 17.0 Å². The minimum absolute atomic E-state index is 0.0236. The molecule has 110 valence electrons. The molecule has 1 unspecified atom stereocenters. The number of rotatable bonds is 3. The lowest BCUT2D eigenvalue weighted by atomic mass is 9.99. The predicted molar refractivity (Wildman–Crippen MR) is 79.7 cm³/mol. The Morgan fingerprint density at radius 2 is 1.85 bits per heavy atom. The summed E-state index contributed by atoms with van der Waals surface area (Å²) in [4.78, 5) is 12.2. The Labute approximate surface area is 120 Å². The van der Waals surface area contributed by atoms with Crippen molar-refractivity contribution in [3.05, 3.63) is 35.4 Å². The molecule has 1 aliphatic heterocycles. The maximum atomic E-state index is 12.2. The monoisotopic (exact) mass is 295 g/mol. The minimum Gasteiger partial charge on any atom is -0.346 e. The first-order valence-electron chi connectivity index (χ1n) is 6.84. The molecule has 0 aromatic heterocycles. The normalized spacial score (nSPS) is 24.8. The Morgan fingerprint density at radius 1 is 1.25 bits per heavy atom. The Morgan fingerprint density at radius 3 is 2.30 bits per heavy atom. The summed E-state index contributed by atoms with van der Waals surface area (Å²) in [7, 11) is -3.01. The lowest BCUT2D eigenvalue weighted by Crippen LogP contribution is -2.46. The van der Waals surface area contributed by atoms with Gasteiger partial charge in [-0.3, -0.25) is 4.79 Å². The molecule has 0 spiro atoms. The Balaban J connectivity index is 2.09. The molecule has 1 saturated heterocycles. The van der Waals surface area contributed by atoms with E-state index in [2.05, 4.69) is 19.2 Å². The van der Waals surface area contributed by atoms with Crippen molar-refractivity contribution in [3.63, 3.8) is 0 Å². The van der Waals surface area contributed by atoms with Gasteiger partial charge in [-0.15, -0.1) is 0 Å². The van der Waals surface area contributed by atoms with Gasteiger partial charge in [0.25, 0.3) is 5.91 Å². The molecule has 1 heterocycles. The maximum absolute atomic E-state index is 12.2. The summed E-state index contributed by atoms with van der Waals surface area (Å²) in [5.74, 6) is 0.385. The molecule has 1 aromatic carbocycles. The standard InChI is InChI=1S/C15H21NO3S/c1-11(2)12-4-6-13(7-5-12)14(17)16-15(3)8-9-20(18,19)10-15/h4-7,11H,8-10H2,1-3H3,(H,16,17). The van der Waals surface area contributed by atoms with Crippen molar-refractivity contribution < 1.29 is 13.2 Å². The third-order valence-electron chi connectivity index (χ3n) is 3.76. The van der Waals surface area contributed by atoms with Gasteiger partial charge in [0.2, 0.25) is 0 Å². The molecule has 0 saturated carbocycles. The largest absolute Gasteiger partial charge is 0.346 e. The molecule has 1 atom stereocenters. The van der Waals surface area contributed by atoms with Crippen LogP contribution in [0.5, 0.6) is 0 Å². The SMILES string of the molecule is CC(C)c1ccc(C(=O)NC2(C)CCS(=O)(=O)C2)cc1. The highest BCUT2D eigenvalue weighted by Gasteiger charge is 2.39. The molecule has 0 aliphatic carbocycles. The van der Waals surface area contributed by atoms with Crippen LogP contribution in [0.1, 0.15) is 49.0 Å². The van der Waals surface area contributed by atoms with Crippen molar-refractivity contribution >= 4 is 15.7 Å². The molecule has 1 fully saturated rings. The van der Waals surface area contributed by atoms with Crippen LogP contribution >= 0.6 is 0 Å². The quantitative estimate of drug-likeness (QED) is 0.929. The molecule has 0 radical (unpaired) electrons. The summed E-state index contributed by atoms with van der Waals surface area (Å²) < 4.78 is 23.1. The van der Waals surface area contributed by atoms with E-state index in [9.17, 15) is 13.2 Å². The first-order chi connectivity index (χ1) is 9.21. The third-order valence-corrected chi connectivity index (χ3v) is 5.66. The van der Waals surface area contributed by atoms with Gasteiger partial charge in [0, 0.05) is 5.56 Å². The van der Waals surface area contributed by atoms with Crippen LogP contribution in [0.2, 0.25) is 0 Å².